The first kappa shape index (κ1) is 15.0. The highest BCUT2D eigenvalue weighted by Gasteiger charge is 2.28. The summed E-state index contributed by atoms with van der Waals surface area (Å²) in [5, 5.41) is 6.01. The lowest BCUT2D eigenvalue weighted by Gasteiger charge is -2.32. The van der Waals surface area contributed by atoms with Gasteiger partial charge in [0.15, 0.2) is 0 Å². The fraction of sp³-hybridized carbons (Fsp3) is 0.846. The Balaban J connectivity index is 2.40. The molecule has 1 saturated heterocycles. The third kappa shape index (κ3) is 4.64. The molecule has 0 saturated carbocycles. The van der Waals surface area contributed by atoms with Crippen LogP contribution < -0.4 is 10.6 Å². The second kappa shape index (κ2) is 7.36. The van der Waals surface area contributed by atoms with Crippen LogP contribution in [-0.2, 0) is 9.59 Å². The molecule has 0 bridgehead atoms. The maximum absolute atomic E-state index is 12.1. The molecule has 2 N–H and O–H groups in total. The first-order chi connectivity index (χ1) is 8.54. The van der Waals surface area contributed by atoms with Gasteiger partial charge in [-0.05, 0) is 25.3 Å². The summed E-state index contributed by atoms with van der Waals surface area (Å²) < 4.78 is 0. The van der Waals surface area contributed by atoms with Crippen molar-refractivity contribution in [3.05, 3.63) is 0 Å². The summed E-state index contributed by atoms with van der Waals surface area (Å²) in [6.07, 6.45) is 1.83. The molecule has 0 aromatic heterocycles. The predicted octanol–water partition coefficient (Wildman–Crippen LogP) is 0.359. The lowest BCUT2D eigenvalue weighted by Crippen LogP contribution is -2.53. The van der Waals surface area contributed by atoms with Crippen LogP contribution in [0.3, 0.4) is 0 Å². The maximum Gasteiger partial charge on any atom is 0.240 e. The fourth-order valence-corrected chi connectivity index (χ4v) is 2.08. The van der Waals surface area contributed by atoms with Gasteiger partial charge in [-0.25, -0.2) is 0 Å². The van der Waals surface area contributed by atoms with E-state index in [-0.39, 0.29) is 24.4 Å². The van der Waals surface area contributed by atoms with Crippen LogP contribution in [0.2, 0.25) is 0 Å². The minimum Gasteiger partial charge on any atom is -0.354 e. The van der Waals surface area contributed by atoms with Crippen LogP contribution in [0.15, 0.2) is 0 Å². The Morgan fingerprint density at radius 1 is 1.50 bits per heavy atom. The Bertz CT molecular complexity index is 290. The first-order valence-electron chi connectivity index (χ1n) is 6.83. The Kier molecular flexibility index (Phi) is 6.12. The van der Waals surface area contributed by atoms with Crippen molar-refractivity contribution in [3.8, 4) is 0 Å². The van der Waals surface area contributed by atoms with Gasteiger partial charge in [0, 0.05) is 13.1 Å². The van der Waals surface area contributed by atoms with Gasteiger partial charge in [-0.3, -0.25) is 9.59 Å². The summed E-state index contributed by atoms with van der Waals surface area (Å²) in [4.78, 5) is 25.4. The second-order valence-electron chi connectivity index (χ2n) is 5.21. The molecule has 5 nitrogen and oxygen atoms in total. The molecule has 1 rings (SSSR count). The number of amides is 2. The molecule has 1 aliphatic rings. The minimum atomic E-state index is -0.110. The zero-order valence-corrected chi connectivity index (χ0v) is 11.7. The van der Waals surface area contributed by atoms with E-state index in [1.54, 1.807) is 4.90 Å². The van der Waals surface area contributed by atoms with E-state index in [0.717, 1.165) is 19.4 Å². The number of piperidine rings is 1. The summed E-state index contributed by atoms with van der Waals surface area (Å²) in [6, 6.07) is -0.110. The number of likely N-dealkylation sites (tertiary alicyclic amines) is 1. The van der Waals surface area contributed by atoms with E-state index in [2.05, 4.69) is 10.6 Å². The smallest absolute Gasteiger partial charge is 0.240 e. The van der Waals surface area contributed by atoms with E-state index in [9.17, 15) is 9.59 Å². The Labute approximate surface area is 109 Å². The third-order valence-corrected chi connectivity index (χ3v) is 3.02. The molecule has 0 aliphatic carbocycles. The summed E-state index contributed by atoms with van der Waals surface area (Å²) in [5.74, 6) is 0.428. The van der Waals surface area contributed by atoms with E-state index < -0.39 is 0 Å². The van der Waals surface area contributed by atoms with E-state index in [0.29, 0.717) is 19.0 Å². The largest absolute Gasteiger partial charge is 0.354 e. The average molecular weight is 255 g/mol. The van der Waals surface area contributed by atoms with Gasteiger partial charge in [-0.1, -0.05) is 20.8 Å². The molecule has 2 amide bonds. The van der Waals surface area contributed by atoms with Gasteiger partial charge >= 0.3 is 0 Å². The van der Waals surface area contributed by atoms with Crippen LogP contribution in [-0.4, -0.2) is 48.9 Å². The molecule has 0 aromatic carbocycles. The quantitative estimate of drug-likeness (QED) is 0.720. The molecule has 5 heteroatoms. The molecule has 1 aliphatic heterocycles. The zero-order valence-electron chi connectivity index (χ0n) is 11.7. The molecule has 1 fully saturated rings. The van der Waals surface area contributed by atoms with Crippen molar-refractivity contribution in [2.45, 2.75) is 39.7 Å². The Morgan fingerprint density at radius 2 is 2.22 bits per heavy atom. The molecule has 1 atom stereocenters. The summed E-state index contributed by atoms with van der Waals surface area (Å²) in [7, 11) is 0. The van der Waals surface area contributed by atoms with Crippen LogP contribution in [0.5, 0.6) is 0 Å². The highest BCUT2D eigenvalue weighted by Crippen LogP contribution is 2.11. The topological polar surface area (TPSA) is 61.4 Å². The van der Waals surface area contributed by atoms with Crippen molar-refractivity contribution < 1.29 is 9.59 Å². The van der Waals surface area contributed by atoms with Gasteiger partial charge in [0.2, 0.25) is 11.8 Å². The number of hydrogen-bond donors (Lipinski definition) is 2. The van der Waals surface area contributed by atoms with Crippen molar-refractivity contribution in [1.29, 1.82) is 0 Å². The molecule has 0 aromatic rings. The molecular formula is C13H25N3O2. The van der Waals surface area contributed by atoms with E-state index >= 15 is 0 Å². The Hall–Kier alpha value is -1.10. The average Bonchev–Trinajstić information content (AvgIpc) is 2.32. The van der Waals surface area contributed by atoms with Crippen LogP contribution in [0, 0.1) is 5.92 Å². The van der Waals surface area contributed by atoms with E-state index in [1.165, 1.54) is 0 Å². The molecule has 104 valence electrons. The summed E-state index contributed by atoms with van der Waals surface area (Å²) >= 11 is 0. The lowest BCUT2D eigenvalue weighted by atomic mass is 10.0. The molecule has 0 radical (unpaired) electrons. The van der Waals surface area contributed by atoms with E-state index in [1.807, 2.05) is 20.8 Å². The standard InChI is InChI=1S/C13H25N3O2/c1-4-14-11-6-5-7-16(13(11)18)9-12(17)15-8-10(2)3/h10-11,14H,4-9H2,1-3H3,(H,15,17). The predicted molar refractivity (Wildman–Crippen MR) is 71.1 cm³/mol. The highest BCUT2D eigenvalue weighted by atomic mass is 16.2. The Morgan fingerprint density at radius 3 is 2.83 bits per heavy atom. The highest BCUT2D eigenvalue weighted by molar-refractivity contribution is 5.88. The van der Waals surface area contributed by atoms with Crippen LogP contribution in [0.4, 0.5) is 0 Å². The van der Waals surface area contributed by atoms with Crippen molar-refractivity contribution in [2.24, 2.45) is 5.92 Å². The van der Waals surface area contributed by atoms with Crippen molar-refractivity contribution in [2.75, 3.05) is 26.2 Å². The second-order valence-corrected chi connectivity index (χ2v) is 5.21. The first-order valence-corrected chi connectivity index (χ1v) is 6.83. The SMILES string of the molecule is CCNC1CCCN(CC(=O)NCC(C)C)C1=O. The van der Waals surface area contributed by atoms with Crippen molar-refractivity contribution in [3.63, 3.8) is 0 Å². The normalized spacial score (nSPS) is 20.3. The van der Waals surface area contributed by atoms with Gasteiger partial charge in [0.25, 0.3) is 0 Å². The van der Waals surface area contributed by atoms with Crippen LogP contribution >= 0.6 is 0 Å². The molecule has 1 unspecified atom stereocenters. The molecule has 0 spiro atoms. The number of rotatable bonds is 6. The molecule has 1 heterocycles. The van der Waals surface area contributed by atoms with Gasteiger partial charge in [-0.2, -0.15) is 0 Å². The third-order valence-electron chi connectivity index (χ3n) is 3.02. The number of carbonyl (C=O) groups is 2. The van der Waals surface area contributed by atoms with Gasteiger partial charge in [-0.15, -0.1) is 0 Å². The summed E-state index contributed by atoms with van der Waals surface area (Å²) in [5.41, 5.74) is 0. The van der Waals surface area contributed by atoms with Gasteiger partial charge in [0.05, 0.1) is 12.6 Å². The lowest BCUT2D eigenvalue weighted by molar-refractivity contribution is -0.140. The number of nitrogens with one attached hydrogen (secondary N) is 2. The number of carbonyl (C=O) groups excluding carboxylic acids is 2. The number of hydrogen-bond acceptors (Lipinski definition) is 3. The van der Waals surface area contributed by atoms with Gasteiger partial charge in [0.1, 0.15) is 0 Å². The maximum atomic E-state index is 12.1. The molecule has 18 heavy (non-hydrogen) atoms. The van der Waals surface area contributed by atoms with Gasteiger partial charge < -0.3 is 15.5 Å². The minimum absolute atomic E-state index is 0.0581. The zero-order chi connectivity index (χ0) is 13.5. The number of nitrogens with zero attached hydrogens (tertiary/aromatic N) is 1. The fourth-order valence-electron chi connectivity index (χ4n) is 2.08. The van der Waals surface area contributed by atoms with E-state index in [4.69, 9.17) is 0 Å². The summed E-state index contributed by atoms with van der Waals surface area (Å²) in [6.45, 7) is 8.41. The van der Waals surface area contributed by atoms with Crippen molar-refractivity contribution >= 4 is 11.8 Å². The molecular weight excluding hydrogens is 230 g/mol. The monoisotopic (exact) mass is 255 g/mol. The van der Waals surface area contributed by atoms with Crippen LogP contribution in [0.1, 0.15) is 33.6 Å². The number of likely N-dealkylation sites (N-methyl/N-ethyl adjacent to an activating group) is 1. The van der Waals surface area contributed by atoms with Crippen LogP contribution in [0.25, 0.3) is 0 Å². The van der Waals surface area contributed by atoms with Crippen molar-refractivity contribution in [1.82, 2.24) is 15.5 Å².